The lowest BCUT2D eigenvalue weighted by molar-refractivity contribution is 0.102. The van der Waals surface area contributed by atoms with Gasteiger partial charge in [-0.05, 0) is 24.3 Å². The van der Waals surface area contributed by atoms with Crippen LogP contribution in [0.5, 0.6) is 0 Å². The molecule has 0 spiro atoms. The first kappa shape index (κ1) is 14.9. The molecule has 1 heterocycles. The van der Waals surface area contributed by atoms with E-state index in [9.17, 15) is 22.4 Å². The molecular formula is C12H10FN3O4S. The number of benzene rings is 1. The molecule has 2 aromatic rings. The third kappa shape index (κ3) is 3.52. The van der Waals surface area contributed by atoms with Crippen molar-refractivity contribution in [1.82, 2.24) is 4.98 Å². The molecule has 4 N–H and O–H groups in total. The maximum atomic E-state index is 13.2. The molecule has 0 bridgehead atoms. The van der Waals surface area contributed by atoms with Gasteiger partial charge in [0.1, 0.15) is 10.7 Å². The van der Waals surface area contributed by atoms with Gasteiger partial charge in [0.2, 0.25) is 15.6 Å². The number of primary sulfonamides is 1. The fourth-order valence-corrected chi connectivity index (χ4v) is 2.27. The van der Waals surface area contributed by atoms with E-state index in [1.807, 2.05) is 0 Å². The van der Waals surface area contributed by atoms with Crippen LogP contribution in [0, 0.1) is 5.82 Å². The summed E-state index contributed by atoms with van der Waals surface area (Å²) in [5, 5.41) is 7.23. The lowest BCUT2D eigenvalue weighted by Crippen LogP contribution is -2.19. The normalized spacial score (nSPS) is 11.1. The van der Waals surface area contributed by atoms with Gasteiger partial charge in [0.15, 0.2) is 0 Å². The molecule has 1 aromatic heterocycles. The van der Waals surface area contributed by atoms with Crippen molar-refractivity contribution in [3.8, 4) is 0 Å². The molecule has 0 fully saturated rings. The molecular weight excluding hydrogens is 301 g/mol. The Bertz CT molecular complexity index is 841. The fraction of sp³-hybridized carbons (Fsp3) is 0. The zero-order valence-electron chi connectivity index (χ0n) is 10.5. The van der Waals surface area contributed by atoms with Crippen LogP contribution in [0.3, 0.4) is 0 Å². The summed E-state index contributed by atoms with van der Waals surface area (Å²) in [5.74, 6) is -1.46. The van der Waals surface area contributed by atoms with E-state index in [4.69, 9.17) is 5.14 Å². The van der Waals surface area contributed by atoms with Gasteiger partial charge in [0, 0.05) is 12.3 Å². The number of nitrogens with one attached hydrogen (secondary N) is 2. The number of aromatic nitrogens is 1. The van der Waals surface area contributed by atoms with E-state index in [0.29, 0.717) is 0 Å². The Morgan fingerprint density at radius 3 is 2.52 bits per heavy atom. The monoisotopic (exact) mass is 311 g/mol. The minimum atomic E-state index is -4.12. The van der Waals surface area contributed by atoms with Crippen LogP contribution >= 0.6 is 0 Å². The molecule has 0 unspecified atom stereocenters. The van der Waals surface area contributed by atoms with E-state index in [1.165, 1.54) is 6.07 Å². The Morgan fingerprint density at radius 2 is 1.95 bits per heavy atom. The number of anilines is 1. The summed E-state index contributed by atoms with van der Waals surface area (Å²) in [6, 6.07) is 5.07. The SMILES string of the molecule is NS(=O)(=O)c1ccc(F)cc1NC(=O)c1ccc(=O)[nH]c1. The Labute approximate surface area is 118 Å². The lowest BCUT2D eigenvalue weighted by Gasteiger charge is -2.09. The number of aromatic amines is 1. The average Bonchev–Trinajstić information content (AvgIpc) is 2.38. The smallest absolute Gasteiger partial charge is 0.257 e. The first-order valence-corrected chi connectivity index (χ1v) is 7.14. The summed E-state index contributed by atoms with van der Waals surface area (Å²) in [7, 11) is -4.12. The van der Waals surface area contributed by atoms with Crippen LogP contribution < -0.4 is 16.0 Å². The van der Waals surface area contributed by atoms with Crippen LogP contribution in [0.4, 0.5) is 10.1 Å². The number of carbonyl (C=O) groups is 1. The Morgan fingerprint density at radius 1 is 1.24 bits per heavy atom. The van der Waals surface area contributed by atoms with E-state index < -0.39 is 32.2 Å². The number of pyridine rings is 1. The minimum absolute atomic E-state index is 0.0687. The van der Waals surface area contributed by atoms with Gasteiger partial charge in [0.25, 0.3) is 5.91 Å². The van der Waals surface area contributed by atoms with Gasteiger partial charge in [-0.15, -0.1) is 0 Å². The molecule has 110 valence electrons. The fourth-order valence-electron chi connectivity index (χ4n) is 1.59. The molecule has 7 nitrogen and oxygen atoms in total. The van der Waals surface area contributed by atoms with E-state index in [1.54, 1.807) is 0 Å². The van der Waals surface area contributed by atoms with Crippen molar-refractivity contribution in [1.29, 1.82) is 0 Å². The molecule has 1 amide bonds. The molecule has 21 heavy (non-hydrogen) atoms. The molecule has 9 heteroatoms. The highest BCUT2D eigenvalue weighted by Crippen LogP contribution is 2.21. The highest BCUT2D eigenvalue weighted by atomic mass is 32.2. The predicted molar refractivity (Wildman–Crippen MR) is 72.8 cm³/mol. The van der Waals surface area contributed by atoms with E-state index in [0.717, 1.165) is 30.5 Å². The highest BCUT2D eigenvalue weighted by Gasteiger charge is 2.17. The quantitative estimate of drug-likeness (QED) is 0.760. The highest BCUT2D eigenvalue weighted by molar-refractivity contribution is 7.89. The molecule has 0 aliphatic heterocycles. The van der Waals surface area contributed by atoms with Gasteiger partial charge >= 0.3 is 0 Å². The van der Waals surface area contributed by atoms with Gasteiger partial charge in [-0.2, -0.15) is 0 Å². The topological polar surface area (TPSA) is 122 Å². The van der Waals surface area contributed by atoms with Crippen LogP contribution in [0.1, 0.15) is 10.4 Å². The number of rotatable bonds is 3. The van der Waals surface area contributed by atoms with Crippen molar-refractivity contribution in [2.75, 3.05) is 5.32 Å². The summed E-state index contributed by atoms with van der Waals surface area (Å²) in [4.78, 5) is 24.7. The van der Waals surface area contributed by atoms with Crippen LogP contribution in [-0.2, 0) is 10.0 Å². The second-order valence-corrected chi connectivity index (χ2v) is 5.61. The van der Waals surface area contributed by atoms with Crippen molar-refractivity contribution >= 4 is 21.6 Å². The van der Waals surface area contributed by atoms with Crippen molar-refractivity contribution in [3.05, 3.63) is 58.3 Å². The van der Waals surface area contributed by atoms with Gasteiger partial charge in [-0.1, -0.05) is 0 Å². The van der Waals surface area contributed by atoms with E-state index in [2.05, 4.69) is 10.3 Å². The standard InChI is InChI=1S/C12H10FN3O4S/c13-8-2-3-10(21(14,19)20)9(5-8)16-12(18)7-1-4-11(17)15-6-7/h1-6H,(H,15,17)(H,16,18)(H2,14,19,20). The summed E-state index contributed by atoms with van der Waals surface area (Å²) in [6.45, 7) is 0. The van der Waals surface area contributed by atoms with Crippen LogP contribution in [-0.4, -0.2) is 19.3 Å². The summed E-state index contributed by atoms with van der Waals surface area (Å²) < 4.78 is 36.0. The maximum absolute atomic E-state index is 13.2. The van der Waals surface area contributed by atoms with Crippen LogP contribution in [0.15, 0.2) is 46.2 Å². The van der Waals surface area contributed by atoms with Gasteiger partial charge in [-0.25, -0.2) is 17.9 Å². The van der Waals surface area contributed by atoms with Gasteiger partial charge in [-0.3, -0.25) is 9.59 Å². The maximum Gasteiger partial charge on any atom is 0.257 e. The number of hydrogen-bond acceptors (Lipinski definition) is 4. The molecule has 0 radical (unpaired) electrons. The first-order valence-electron chi connectivity index (χ1n) is 5.60. The number of sulfonamides is 1. The zero-order valence-corrected chi connectivity index (χ0v) is 11.3. The number of H-pyrrole nitrogens is 1. The minimum Gasteiger partial charge on any atom is -0.328 e. The Kier molecular flexibility index (Phi) is 3.87. The molecule has 0 atom stereocenters. The molecule has 0 saturated carbocycles. The third-order valence-electron chi connectivity index (χ3n) is 2.54. The number of carbonyl (C=O) groups excluding carboxylic acids is 1. The third-order valence-corrected chi connectivity index (χ3v) is 3.51. The summed E-state index contributed by atoms with van der Waals surface area (Å²) >= 11 is 0. The van der Waals surface area contributed by atoms with Gasteiger partial charge < -0.3 is 10.3 Å². The lowest BCUT2D eigenvalue weighted by atomic mass is 10.2. The average molecular weight is 311 g/mol. The molecule has 0 aliphatic rings. The summed E-state index contributed by atoms with van der Waals surface area (Å²) in [6.07, 6.45) is 1.15. The van der Waals surface area contributed by atoms with Crippen molar-refractivity contribution in [3.63, 3.8) is 0 Å². The molecule has 1 aromatic carbocycles. The Balaban J connectivity index is 2.39. The van der Waals surface area contributed by atoms with Gasteiger partial charge in [0.05, 0.1) is 11.3 Å². The number of nitrogens with two attached hydrogens (primary N) is 1. The molecule has 2 rings (SSSR count). The predicted octanol–water partition coefficient (Wildman–Crippen LogP) is 0.414. The second kappa shape index (κ2) is 5.46. The van der Waals surface area contributed by atoms with Crippen molar-refractivity contribution < 1.29 is 17.6 Å². The Hall–Kier alpha value is -2.52. The largest absolute Gasteiger partial charge is 0.328 e. The number of amides is 1. The zero-order chi connectivity index (χ0) is 15.6. The van der Waals surface area contributed by atoms with Crippen molar-refractivity contribution in [2.45, 2.75) is 4.90 Å². The number of hydrogen-bond donors (Lipinski definition) is 3. The number of halogens is 1. The van der Waals surface area contributed by atoms with Crippen LogP contribution in [0.25, 0.3) is 0 Å². The van der Waals surface area contributed by atoms with E-state index >= 15 is 0 Å². The van der Waals surface area contributed by atoms with Crippen molar-refractivity contribution in [2.24, 2.45) is 5.14 Å². The van der Waals surface area contributed by atoms with Crippen LogP contribution in [0.2, 0.25) is 0 Å². The first-order chi connectivity index (χ1) is 9.77. The summed E-state index contributed by atoms with van der Waals surface area (Å²) in [5.41, 5.74) is -0.615. The molecule has 0 saturated heterocycles. The molecule has 0 aliphatic carbocycles. The second-order valence-electron chi connectivity index (χ2n) is 4.08. The van der Waals surface area contributed by atoms with E-state index in [-0.39, 0.29) is 11.3 Å².